The van der Waals surface area contributed by atoms with Gasteiger partial charge in [0, 0.05) is 47.5 Å². The second-order valence-corrected chi connectivity index (χ2v) is 7.67. The van der Waals surface area contributed by atoms with E-state index in [1.165, 1.54) is 0 Å². The lowest BCUT2D eigenvalue weighted by atomic mass is 10.0. The zero-order valence-corrected chi connectivity index (χ0v) is 16.4. The largest absolute Gasteiger partial charge is 0.371 e. The Kier molecular flexibility index (Phi) is 5.44. The molecule has 1 aliphatic rings. The summed E-state index contributed by atoms with van der Waals surface area (Å²) in [5, 5.41) is 5.90. The zero-order valence-electron chi connectivity index (χ0n) is 15.6. The predicted octanol–water partition coefficient (Wildman–Crippen LogP) is 4.63. The molecule has 0 spiro atoms. The monoisotopic (exact) mass is 387 g/mol. The molecule has 28 heavy (non-hydrogen) atoms. The van der Waals surface area contributed by atoms with Crippen molar-refractivity contribution in [3.8, 4) is 0 Å². The minimum absolute atomic E-state index is 0.0428. The number of carbonyl (C=O) groups is 1. The number of aromatic nitrogens is 1. The van der Waals surface area contributed by atoms with Crippen LogP contribution >= 0.6 is 11.8 Å². The van der Waals surface area contributed by atoms with Crippen LogP contribution in [0.2, 0.25) is 0 Å². The van der Waals surface area contributed by atoms with E-state index in [1.54, 1.807) is 18.0 Å². The molecule has 0 bridgehead atoms. The molecule has 0 aliphatic carbocycles. The molecule has 4 nitrogen and oxygen atoms in total. The van der Waals surface area contributed by atoms with Gasteiger partial charge in [-0.2, -0.15) is 0 Å². The molecule has 2 heterocycles. The minimum Gasteiger partial charge on any atom is -0.371 e. The number of ketones is 1. The molecule has 5 heteroatoms. The molecule has 0 saturated carbocycles. The smallest absolute Gasteiger partial charge is 0.193 e. The first-order valence-electron chi connectivity index (χ1n) is 9.12. The first-order valence-corrected chi connectivity index (χ1v) is 10.1. The quantitative estimate of drug-likeness (QED) is 0.625. The lowest BCUT2D eigenvalue weighted by Gasteiger charge is -2.22. The van der Waals surface area contributed by atoms with E-state index in [-0.39, 0.29) is 11.2 Å². The van der Waals surface area contributed by atoms with Crippen molar-refractivity contribution in [2.75, 3.05) is 18.5 Å². The van der Waals surface area contributed by atoms with Gasteiger partial charge >= 0.3 is 0 Å². The Labute approximate surface area is 169 Å². The third-order valence-electron chi connectivity index (χ3n) is 4.64. The standard InChI is InChI=1S/C23H21N3OS/c1-26(15-20-16-28-23(25-20)19-10-6-12-24-14-19)21-11-5-9-18(13-21)22(27)17-7-3-2-4-8-17/h2-14,16,23,25H,15H2,1H3. The molecule has 1 unspecified atom stereocenters. The van der Waals surface area contributed by atoms with Gasteiger partial charge in [0.15, 0.2) is 5.78 Å². The highest BCUT2D eigenvalue weighted by Crippen LogP contribution is 2.34. The maximum atomic E-state index is 12.7. The molecule has 3 aromatic rings. The Morgan fingerprint density at radius 2 is 1.89 bits per heavy atom. The van der Waals surface area contributed by atoms with Crippen LogP contribution in [-0.2, 0) is 0 Å². The summed E-state index contributed by atoms with van der Waals surface area (Å²) in [6.45, 7) is 0.743. The Morgan fingerprint density at radius 1 is 1.07 bits per heavy atom. The third-order valence-corrected chi connectivity index (χ3v) is 5.73. The van der Waals surface area contributed by atoms with Crippen molar-refractivity contribution in [3.63, 3.8) is 0 Å². The summed E-state index contributed by atoms with van der Waals surface area (Å²) in [7, 11) is 2.04. The van der Waals surface area contributed by atoms with Crippen molar-refractivity contribution in [2.45, 2.75) is 5.37 Å². The number of likely N-dealkylation sites (N-methyl/N-ethyl adjacent to an activating group) is 1. The maximum Gasteiger partial charge on any atom is 0.193 e. The number of hydrogen-bond acceptors (Lipinski definition) is 5. The summed E-state index contributed by atoms with van der Waals surface area (Å²) in [6.07, 6.45) is 3.68. The van der Waals surface area contributed by atoms with E-state index in [0.717, 1.165) is 23.5 Å². The Hall–Kier alpha value is -3.05. The van der Waals surface area contributed by atoms with Gasteiger partial charge in [0.1, 0.15) is 5.37 Å². The van der Waals surface area contributed by atoms with Crippen molar-refractivity contribution in [1.82, 2.24) is 10.3 Å². The third kappa shape index (κ3) is 4.10. The van der Waals surface area contributed by atoms with Crippen LogP contribution in [0.3, 0.4) is 0 Å². The van der Waals surface area contributed by atoms with Gasteiger partial charge in [-0.25, -0.2) is 0 Å². The number of rotatable bonds is 6. The number of hydrogen-bond donors (Lipinski definition) is 1. The first-order chi connectivity index (χ1) is 13.7. The van der Waals surface area contributed by atoms with Gasteiger partial charge in [0.25, 0.3) is 0 Å². The van der Waals surface area contributed by atoms with E-state index < -0.39 is 0 Å². The molecule has 0 saturated heterocycles. The topological polar surface area (TPSA) is 45.2 Å². The Balaban J connectivity index is 1.43. The average molecular weight is 388 g/mol. The fourth-order valence-electron chi connectivity index (χ4n) is 3.15. The molecule has 0 radical (unpaired) electrons. The second kappa shape index (κ2) is 8.31. The van der Waals surface area contributed by atoms with Gasteiger partial charge in [-0.15, -0.1) is 11.8 Å². The number of anilines is 1. The van der Waals surface area contributed by atoms with Gasteiger partial charge in [-0.1, -0.05) is 48.5 Å². The Morgan fingerprint density at radius 3 is 2.68 bits per heavy atom. The summed E-state index contributed by atoms with van der Waals surface area (Å²) in [4.78, 5) is 19.1. The van der Waals surface area contributed by atoms with E-state index >= 15 is 0 Å². The fraction of sp³-hybridized carbons (Fsp3) is 0.130. The molecule has 1 aliphatic heterocycles. The van der Waals surface area contributed by atoms with Crippen LogP contribution in [0.1, 0.15) is 26.9 Å². The van der Waals surface area contributed by atoms with E-state index in [4.69, 9.17) is 0 Å². The van der Waals surface area contributed by atoms with Crippen LogP contribution in [0.15, 0.2) is 90.2 Å². The summed E-state index contributed by atoms with van der Waals surface area (Å²) in [5.74, 6) is 0.0428. The molecule has 1 N–H and O–H groups in total. The van der Waals surface area contributed by atoms with Gasteiger partial charge < -0.3 is 10.2 Å². The predicted molar refractivity (Wildman–Crippen MR) is 115 cm³/mol. The molecular weight excluding hydrogens is 366 g/mol. The highest BCUT2D eigenvalue weighted by molar-refractivity contribution is 8.02. The molecule has 1 atom stereocenters. The lowest BCUT2D eigenvalue weighted by Crippen LogP contribution is -2.26. The van der Waals surface area contributed by atoms with Gasteiger partial charge in [-0.3, -0.25) is 9.78 Å². The van der Waals surface area contributed by atoms with Crippen molar-refractivity contribution in [2.24, 2.45) is 0 Å². The van der Waals surface area contributed by atoms with Crippen LogP contribution in [0.25, 0.3) is 0 Å². The van der Waals surface area contributed by atoms with E-state index in [1.807, 2.05) is 73.9 Å². The zero-order chi connectivity index (χ0) is 19.3. The number of nitrogens with one attached hydrogen (secondary N) is 1. The van der Waals surface area contributed by atoms with Crippen molar-refractivity contribution in [3.05, 3.63) is 107 Å². The molecule has 0 amide bonds. The van der Waals surface area contributed by atoms with Crippen LogP contribution < -0.4 is 10.2 Å². The van der Waals surface area contributed by atoms with Crippen molar-refractivity contribution >= 4 is 23.2 Å². The number of carbonyl (C=O) groups excluding carboxylic acids is 1. The second-order valence-electron chi connectivity index (χ2n) is 6.69. The van der Waals surface area contributed by atoms with Gasteiger partial charge in [0.2, 0.25) is 0 Å². The van der Waals surface area contributed by atoms with E-state index in [2.05, 4.69) is 26.7 Å². The average Bonchev–Trinajstić information content (AvgIpc) is 3.23. The fourth-order valence-corrected chi connectivity index (χ4v) is 4.11. The maximum absolute atomic E-state index is 12.7. The van der Waals surface area contributed by atoms with E-state index in [9.17, 15) is 4.79 Å². The van der Waals surface area contributed by atoms with Gasteiger partial charge in [-0.05, 0) is 23.6 Å². The summed E-state index contributed by atoms with van der Waals surface area (Å²) < 4.78 is 0. The van der Waals surface area contributed by atoms with Crippen molar-refractivity contribution < 1.29 is 4.79 Å². The molecule has 4 rings (SSSR count). The highest BCUT2D eigenvalue weighted by atomic mass is 32.2. The van der Waals surface area contributed by atoms with Crippen LogP contribution in [0.5, 0.6) is 0 Å². The summed E-state index contributed by atoms with van der Waals surface area (Å²) in [6, 6.07) is 21.2. The van der Waals surface area contributed by atoms with Crippen LogP contribution in [-0.4, -0.2) is 24.4 Å². The van der Waals surface area contributed by atoms with Crippen LogP contribution in [0.4, 0.5) is 5.69 Å². The first kappa shape index (κ1) is 18.3. The normalized spacial score (nSPS) is 15.6. The number of nitrogens with zero attached hydrogens (tertiary/aromatic N) is 2. The summed E-state index contributed by atoms with van der Waals surface area (Å²) in [5.41, 5.74) is 4.74. The van der Waals surface area contributed by atoms with Crippen LogP contribution in [0, 0.1) is 0 Å². The minimum atomic E-state index is 0.0428. The SMILES string of the molecule is CN(CC1=CSC(c2cccnc2)N1)c1cccc(C(=O)c2ccccc2)c1. The van der Waals surface area contributed by atoms with Gasteiger partial charge in [0.05, 0.1) is 6.54 Å². The number of pyridine rings is 1. The Bertz CT molecular complexity index is 989. The molecule has 1 aromatic heterocycles. The summed E-state index contributed by atoms with van der Waals surface area (Å²) >= 11 is 1.75. The molecular formula is C23H21N3OS. The molecule has 2 aromatic carbocycles. The lowest BCUT2D eigenvalue weighted by molar-refractivity contribution is 0.103. The van der Waals surface area contributed by atoms with Crippen molar-refractivity contribution in [1.29, 1.82) is 0 Å². The molecule has 0 fully saturated rings. The highest BCUT2D eigenvalue weighted by Gasteiger charge is 2.19. The number of thioether (sulfide) groups is 1. The number of benzene rings is 2. The molecule has 140 valence electrons. The van der Waals surface area contributed by atoms with E-state index in [0.29, 0.717) is 11.1 Å².